The van der Waals surface area contributed by atoms with Crippen LogP contribution in [0.1, 0.15) is 16.1 Å². The highest BCUT2D eigenvalue weighted by Crippen LogP contribution is 2.36. The highest BCUT2D eigenvalue weighted by Gasteiger charge is 2.36. The normalized spacial score (nSPS) is 16.1. The molecular formula is C20H17ClF3N3O3S. The van der Waals surface area contributed by atoms with Crippen molar-refractivity contribution >= 4 is 38.4 Å². The summed E-state index contributed by atoms with van der Waals surface area (Å²) in [6, 6.07) is 11.7. The van der Waals surface area contributed by atoms with Gasteiger partial charge in [-0.2, -0.15) is 17.5 Å². The van der Waals surface area contributed by atoms with Gasteiger partial charge in [-0.15, -0.1) is 0 Å². The summed E-state index contributed by atoms with van der Waals surface area (Å²) in [4.78, 5) is 16.8. The topological polar surface area (TPSA) is 73.5 Å². The predicted molar refractivity (Wildman–Crippen MR) is 109 cm³/mol. The van der Waals surface area contributed by atoms with Gasteiger partial charge in [-0.3, -0.25) is 4.79 Å². The summed E-state index contributed by atoms with van der Waals surface area (Å²) in [5.74, 6) is -0.265. The molecule has 6 nitrogen and oxygen atoms in total. The van der Waals surface area contributed by atoms with E-state index in [0.717, 1.165) is 27.3 Å². The van der Waals surface area contributed by atoms with Crippen molar-refractivity contribution < 1.29 is 26.4 Å². The van der Waals surface area contributed by atoms with Crippen LogP contribution in [-0.4, -0.2) is 54.7 Å². The van der Waals surface area contributed by atoms with Crippen LogP contribution >= 0.6 is 11.6 Å². The van der Waals surface area contributed by atoms with Crippen molar-refractivity contribution in [1.82, 2.24) is 14.2 Å². The van der Waals surface area contributed by atoms with Gasteiger partial charge >= 0.3 is 6.18 Å². The molecule has 1 aliphatic heterocycles. The van der Waals surface area contributed by atoms with Gasteiger partial charge in [0.05, 0.1) is 15.5 Å². The summed E-state index contributed by atoms with van der Waals surface area (Å²) in [5, 5.41) is 0.315. The van der Waals surface area contributed by atoms with Gasteiger partial charge in [0.1, 0.15) is 5.69 Å². The highest BCUT2D eigenvalue weighted by molar-refractivity contribution is 7.89. The molecular weight excluding hydrogens is 455 g/mol. The molecule has 0 saturated carbocycles. The number of fused-ring (bicyclic) bond motifs is 1. The van der Waals surface area contributed by atoms with Crippen molar-refractivity contribution in [2.75, 3.05) is 26.2 Å². The number of H-pyrrole nitrogens is 1. The number of hydrogen-bond donors (Lipinski definition) is 1. The van der Waals surface area contributed by atoms with E-state index in [1.165, 1.54) is 4.90 Å². The van der Waals surface area contributed by atoms with E-state index in [9.17, 15) is 26.4 Å². The van der Waals surface area contributed by atoms with E-state index in [1.807, 2.05) is 24.3 Å². The van der Waals surface area contributed by atoms with E-state index < -0.39 is 31.7 Å². The maximum atomic E-state index is 13.1. The molecule has 1 N–H and O–H groups in total. The standard InChI is InChI=1S/C20H17ClF3N3O3S/c21-16-6-5-14(12-15(16)20(22,23)24)31(29,30)27-9-7-26(8-10-27)19(28)18-11-13-3-1-2-4-17(13)25-18/h1-6,11-12,25H,7-10H2. The van der Waals surface area contributed by atoms with Crippen LogP contribution in [0.15, 0.2) is 53.4 Å². The predicted octanol–water partition coefficient (Wildman–Crippen LogP) is 3.99. The summed E-state index contributed by atoms with van der Waals surface area (Å²) in [6.45, 7) is 0.177. The summed E-state index contributed by atoms with van der Waals surface area (Å²) >= 11 is 5.58. The molecule has 4 rings (SSSR count). The van der Waals surface area contributed by atoms with Gasteiger partial charge < -0.3 is 9.88 Å². The first-order valence-corrected chi connectivity index (χ1v) is 11.1. The highest BCUT2D eigenvalue weighted by atomic mass is 35.5. The van der Waals surface area contributed by atoms with Crippen LogP contribution in [0.2, 0.25) is 5.02 Å². The molecule has 0 aliphatic carbocycles. The molecule has 1 fully saturated rings. The molecule has 1 aromatic heterocycles. The Morgan fingerprint density at radius 2 is 1.68 bits per heavy atom. The number of carbonyl (C=O) groups excluding carboxylic acids is 1. The van der Waals surface area contributed by atoms with Gasteiger partial charge in [-0.05, 0) is 30.3 Å². The van der Waals surface area contributed by atoms with E-state index in [2.05, 4.69) is 4.98 Å². The molecule has 31 heavy (non-hydrogen) atoms. The van der Waals surface area contributed by atoms with Crippen molar-refractivity contribution in [3.63, 3.8) is 0 Å². The lowest BCUT2D eigenvalue weighted by atomic mass is 10.2. The molecule has 3 aromatic rings. The number of alkyl halides is 3. The van der Waals surface area contributed by atoms with Crippen molar-refractivity contribution in [2.24, 2.45) is 0 Å². The van der Waals surface area contributed by atoms with E-state index >= 15 is 0 Å². The Morgan fingerprint density at radius 1 is 1.00 bits per heavy atom. The third-order valence-electron chi connectivity index (χ3n) is 5.17. The van der Waals surface area contributed by atoms with E-state index in [4.69, 9.17) is 11.6 Å². The average molecular weight is 472 g/mol. The van der Waals surface area contributed by atoms with Gasteiger partial charge in [-0.25, -0.2) is 8.42 Å². The molecule has 0 radical (unpaired) electrons. The smallest absolute Gasteiger partial charge is 0.351 e. The Hall–Kier alpha value is -2.56. The molecule has 0 atom stereocenters. The SMILES string of the molecule is O=C(c1cc2ccccc2[nH]1)N1CCN(S(=O)(=O)c2ccc(Cl)c(C(F)(F)F)c2)CC1. The number of piperazine rings is 1. The Labute approximate surface area is 181 Å². The second-order valence-corrected chi connectivity index (χ2v) is 9.45. The van der Waals surface area contributed by atoms with E-state index in [0.29, 0.717) is 11.8 Å². The number of aromatic nitrogens is 1. The third kappa shape index (κ3) is 4.15. The van der Waals surface area contributed by atoms with Crippen LogP contribution in [0.4, 0.5) is 13.2 Å². The van der Waals surface area contributed by atoms with E-state index in [-0.39, 0.29) is 32.1 Å². The molecule has 0 unspecified atom stereocenters. The molecule has 1 amide bonds. The number of benzene rings is 2. The summed E-state index contributed by atoms with van der Waals surface area (Å²) in [6.07, 6.45) is -4.77. The number of carbonyl (C=O) groups is 1. The molecule has 2 heterocycles. The maximum Gasteiger partial charge on any atom is 0.417 e. The second-order valence-electron chi connectivity index (χ2n) is 7.11. The Morgan fingerprint density at radius 3 is 2.32 bits per heavy atom. The largest absolute Gasteiger partial charge is 0.417 e. The van der Waals surface area contributed by atoms with Crippen LogP contribution in [0, 0.1) is 0 Å². The molecule has 11 heteroatoms. The Kier molecular flexibility index (Phi) is 5.48. The average Bonchev–Trinajstić information content (AvgIpc) is 3.17. The fraction of sp³-hybridized carbons (Fsp3) is 0.250. The van der Waals surface area contributed by atoms with Crippen LogP contribution in [0.3, 0.4) is 0 Å². The molecule has 0 bridgehead atoms. The number of aromatic amines is 1. The fourth-order valence-electron chi connectivity index (χ4n) is 3.52. The lowest BCUT2D eigenvalue weighted by molar-refractivity contribution is -0.137. The zero-order valence-corrected chi connectivity index (χ0v) is 17.6. The van der Waals surface area contributed by atoms with Crippen molar-refractivity contribution in [2.45, 2.75) is 11.1 Å². The lowest BCUT2D eigenvalue weighted by Crippen LogP contribution is -2.50. The number of nitrogens with one attached hydrogen (secondary N) is 1. The zero-order valence-electron chi connectivity index (χ0n) is 16.0. The van der Waals surface area contributed by atoms with Crippen LogP contribution in [0.5, 0.6) is 0 Å². The monoisotopic (exact) mass is 471 g/mol. The summed E-state index contributed by atoms with van der Waals surface area (Å²) < 4.78 is 66.1. The number of nitrogens with zero attached hydrogens (tertiary/aromatic N) is 2. The quantitative estimate of drug-likeness (QED) is 0.628. The lowest BCUT2D eigenvalue weighted by Gasteiger charge is -2.33. The van der Waals surface area contributed by atoms with Crippen LogP contribution in [0.25, 0.3) is 10.9 Å². The molecule has 1 aliphatic rings. The molecule has 0 spiro atoms. The number of hydrogen-bond acceptors (Lipinski definition) is 3. The minimum absolute atomic E-state index is 0.0295. The van der Waals surface area contributed by atoms with Gasteiger partial charge in [0, 0.05) is 37.1 Å². The third-order valence-corrected chi connectivity index (χ3v) is 7.39. The van der Waals surface area contributed by atoms with Crippen LogP contribution < -0.4 is 0 Å². The summed E-state index contributed by atoms with van der Waals surface area (Å²) in [5.41, 5.74) is 0.00293. The molecule has 1 saturated heterocycles. The zero-order chi connectivity index (χ0) is 22.4. The number of halogens is 4. The summed E-state index contributed by atoms with van der Waals surface area (Å²) in [7, 11) is -4.17. The van der Waals surface area contributed by atoms with Gasteiger partial charge in [-0.1, -0.05) is 29.8 Å². The van der Waals surface area contributed by atoms with E-state index in [1.54, 1.807) is 6.07 Å². The van der Waals surface area contributed by atoms with Gasteiger partial charge in [0.2, 0.25) is 10.0 Å². The van der Waals surface area contributed by atoms with Gasteiger partial charge in [0.25, 0.3) is 5.91 Å². The number of para-hydroxylation sites is 1. The minimum Gasteiger partial charge on any atom is -0.351 e. The van der Waals surface area contributed by atoms with Crippen molar-refractivity contribution in [3.8, 4) is 0 Å². The fourth-order valence-corrected chi connectivity index (χ4v) is 5.20. The minimum atomic E-state index is -4.77. The second kappa shape index (κ2) is 7.85. The van der Waals surface area contributed by atoms with Crippen molar-refractivity contribution in [3.05, 3.63) is 64.8 Å². The number of amides is 1. The van der Waals surface area contributed by atoms with Gasteiger partial charge in [0.15, 0.2) is 0 Å². The number of sulfonamides is 1. The Bertz CT molecular complexity index is 1220. The van der Waals surface area contributed by atoms with Crippen LogP contribution in [-0.2, 0) is 16.2 Å². The maximum absolute atomic E-state index is 13.1. The first-order valence-electron chi connectivity index (χ1n) is 9.31. The number of rotatable bonds is 3. The first kappa shape index (κ1) is 21.7. The first-order chi connectivity index (χ1) is 14.6. The van der Waals surface area contributed by atoms with Crippen molar-refractivity contribution in [1.29, 1.82) is 0 Å². The Balaban J connectivity index is 1.49. The molecule has 164 valence electrons. The molecule has 2 aromatic carbocycles.